The number of aromatic nitrogens is 2. The molecule has 0 saturated heterocycles. The van der Waals surface area contributed by atoms with Gasteiger partial charge in [0.2, 0.25) is 0 Å². The van der Waals surface area contributed by atoms with Gasteiger partial charge >= 0.3 is 6.09 Å². The van der Waals surface area contributed by atoms with Crippen LogP contribution in [-0.4, -0.2) is 21.3 Å². The summed E-state index contributed by atoms with van der Waals surface area (Å²) in [6.45, 7) is 0. The molecule has 4 rings (SSSR count). The third-order valence-electron chi connectivity index (χ3n) is 4.48. The summed E-state index contributed by atoms with van der Waals surface area (Å²) >= 11 is 3.48. The predicted molar refractivity (Wildman–Crippen MR) is 109 cm³/mol. The topological polar surface area (TPSA) is 88.2 Å². The molecule has 28 heavy (non-hydrogen) atoms. The molecule has 0 bridgehead atoms. The normalized spacial score (nSPS) is 12.0. The molecule has 1 amide bonds. The summed E-state index contributed by atoms with van der Waals surface area (Å²) in [7, 11) is 0. The zero-order valence-corrected chi connectivity index (χ0v) is 16.3. The van der Waals surface area contributed by atoms with Crippen molar-refractivity contribution in [1.82, 2.24) is 15.5 Å². The number of carbonyl (C=O) groups is 1. The maximum absolute atomic E-state index is 11.5. The van der Waals surface area contributed by atoms with E-state index in [9.17, 15) is 9.90 Å². The molecule has 2 N–H and O–H groups in total. The maximum atomic E-state index is 11.5. The third-order valence-corrected chi connectivity index (χ3v) is 5.10. The molecule has 140 valence electrons. The van der Waals surface area contributed by atoms with Gasteiger partial charge in [-0.2, -0.15) is 0 Å². The minimum Gasteiger partial charge on any atom is -0.465 e. The van der Waals surface area contributed by atoms with Gasteiger partial charge in [0, 0.05) is 23.9 Å². The van der Waals surface area contributed by atoms with Gasteiger partial charge < -0.3 is 14.9 Å². The third kappa shape index (κ3) is 3.61. The van der Waals surface area contributed by atoms with Crippen LogP contribution in [-0.2, 0) is 6.42 Å². The Morgan fingerprint density at radius 2 is 1.93 bits per heavy atom. The van der Waals surface area contributed by atoms with Crippen molar-refractivity contribution in [1.29, 1.82) is 0 Å². The van der Waals surface area contributed by atoms with Crippen molar-refractivity contribution in [3.63, 3.8) is 0 Å². The molecule has 0 saturated carbocycles. The number of rotatable bonds is 5. The van der Waals surface area contributed by atoms with E-state index in [-0.39, 0.29) is 0 Å². The summed E-state index contributed by atoms with van der Waals surface area (Å²) < 4.78 is 6.34. The number of halogens is 1. The molecule has 2 aromatic carbocycles. The number of carboxylic acid groups (broad SMARTS) is 1. The summed E-state index contributed by atoms with van der Waals surface area (Å²) in [6, 6.07) is 18.4. The summed E-state index contributed by atoms with van der Waals surface area (Å²) in [4.78, 5) is 15.8. The lowest BCUT2D eigenvalue weighted by Gasteiger charge is -2.20. The fourth-order valence-corrected chi connectivity index (χ4v) is 3.69. The second-order valence-electron chi connectivity index (χ2n) is 6.26. The van der Waals surface area contributed by atoms with Crippen molar-refractivity contribution in [2.45, 2.75) is 12.5 Å². The van der Waals surface area contributed by atoms with Gasteiger partial charge in [-0.15, -0.1) is 0 Å². The maximum Gasteiger partial charge on any atom is 0.405 e. The van der Waals surface area contributed by atoms with Gasteiger partial charge in [0.05, 0.1) is 15.9 Å². The first-order valence-corrected chi connectivity index (χ1v) is 9.45. The van der Waals surface area contributed by atoms with Gasteiger partial charge in [0.25, 0.3) is 0 Å². The lowest BCUT2D eigenvalue weighted by molar-refractivity contribution is 0.190. The highest BCUT2D eigenvalue weighted by Gasteiger charge is 2.22. The van der Waals surface area contributed by atoms with Crippen LogP contribution in [0.5, 0.6) is 0 Å². The van der Waals surface area contributed by atoms with Crippen molar-refractivity contribution < 1.29 is 14.4 Å². The van der Waals surface area contributed by atoms with Crippen LogP contribution in [0.4, 0.5) is 4.79 Å². The second kappa shape index (κ2) is 7.82. The van der Waals surface area contributed by atoms with Crippen molar-refractivity contribution >= 4 is 33.0 Å². The largest absolute Gasteiger partial charge is 0.465 e. The molecule has 6 nitrogen and oxygen atoms in total. The number of benzene rings is 2. The molecule has 0 aliphatic heterocycles. The quantitative estimate of drug-likeness (QED) is 0.447. The van der Waals surface area contributed by atoms with E-state index in [2.05, 4.69) is 31.4 Å². The fraction of sp³-hybridized carbons (Fsp3) is 0.0952. The molecule has 0 aliphatic rings. The first kappa shape index (κ1) is 18.2. The second-order valence-corrected chi connectivity index (χ2v) is 7.12. The monoisotopic (exact) mass is 437 g/mol. The highest BCUT2D eigenvalue weighted by molar-refractivity contribution is 9.10. The Bertz CT molecular complexity index is 1130. The van der Waals surface area contributed by atoms with E-state index < -0.39 is 12.1 Å². The van der Waals surface area contributed by atoms with E-state index in [1.165, 1.54) is 0 Å². The zero-order chi connectivity index (χ0) is 19.5. The summed E-state index contributed by atoms with van der Waals surface area (Å²) in [6.07, 6.45) is 1.02. The highest BCUT2D eigenvalue weighted by Crippen LogP contribution is 2.36. The number of nitrogens with zero attached hydrogens (tertiary/aromatic N) is 2. The standard InChI is InChI=1S/C21H16BrN3O3/c22-17-10-5-9-16-19(25-28-20(16)17)15-8-2-1-7-14(15)18(24-21(26)27)12-13-6-3-4-11-23-13/h1-11,18,24H,12H2,(H,26,27)/t18-/m0/s1. The van der Waals surface area contributed by atoms with Crippen molar-refractivity contribution in [3.05, 3.63) is 82.6 Å². The minimum atomic E-state index is -1.09. The lowest BCUT2D eigenvalue weighted by Crippen LogP contribution is -2.29. The number of amides is 1. The van der Waals surface area contributed by atoms with Crippen LogP contribution in [0.15, 0.2) is 75.9 Å². The number of hydrogen-bond donors (Lipinski definition) is 2. The van der Waals surface area contributed by atoms with Crippen LogP contribution < -0.4 is 5.32 Å². The number of hydrogen-bond acceptors (Lipinski definition) is 4. The van der Waals surface area contributed by atoms with Crippen LogP contribution in [0.2, 0.25) is 0 Å². The molecule has 1 atom stereocenters. The molecule has 2 aromatic heterocycles. The fourth-order valence-electron chi connectivity index (χ4n) is 3.26. The average molecular weight is 438 g/mol. The first-order chi connectivity index (χ1) is 13.6. The molecule has 0 aliphatic carbocycles. The van der Waals surface area contributed by atoms with Crippen molar-refractivity contribution in [3.8, 4) is 11.3 Å². The molecule has 0 radical (unpaired) electrons. The number of fused-ring (bicyclic) bond motifs is 1. The van der Waals surface area contributed by atoms with Gasteiger partial charge in [-0.25, -0.2) is 4.79 Å². The Kier molecular flexibility index (Phi) is 5.08. The van der Waals surface area contributed by atoms with Gasteiger partial charge in [0.1, 0.15) is 5.69 Å². The van der Waals surface area contributed by atoms with E-state index in [0.29, 0.717) is 17.7 Å². The Hall–Kier alpha value is -3.19. The molecule has 4 aromatic rings. The lowest BCUT2D eigenvalue weighted by atomic mass is 9.93. The van der Waals surface area contributed by atoms with E-state index in [1.54, 1.807) is 6.20 Å². The molecule has 2 heterocycles. The van der Waals surface area contributed by atoms with E-state index in [1.807, 2.05) is 60.7 Å². The summed E-state index contributed by atoms with van der Waals surface area (Å²) in [5, 5.41) is 17.1. The number of pyridine rings is 1. The molecule has 0 fully saturated rings. The van der Waals surface area contributed by atoms with Crippen molar-refractivity contribution in [2.24, 2.45) is 0 Å². The first-order valence-electron chi connectivity index (χ1n) is 8.66. The summed E-state index contributed by atoms with van der Waals surface area (Å²) in [5.74, 6) is 0. The van der Waals surface area contributed by atoms with Crippen LogP contribution in [0.3, 0.4) is 0 Å². The Morgan fingerprint density at radius 1 is 1.11 bits per heavy atom. The SMILES string of the molecule is O=C(O)N[C@@H](Cc1ccccn1)c1ccccc1-c1noc2c(Br)cccc12. The van der Waals surface area contributed by atoms with E-state index in [0.717, 1.165) is 26.7 Å². The van der Waals surface area contributed by atoms with E-state index >= 15 is 0 Å². The van der Waals surface area contributed by atoms with Crippen LogP contribution in [0.25, 0.3) is 22.2 Å². The van der Waals surface area contributed by atoms with Gasteiger partial charge in [-0.05, 0) is 45.8 Å². The van der Waals surface area contributed by atoms with Gasteiger partial charge in [-0.3, -0.25) is 4.98 Å². The average Bonchev–Trinajstić information content (AvgIpc) is 3.13. The van der Waals surface area contributed by atoms with Gasteiger partial charge in [-0.1, -0.05) is 41.6 Å². The smallest absolute Gasteiger partial charge is 0.405 e. The molecule has 7 heteroatoms. The Balaban J connectivity index is 1.82. The van der Waals surface area contributed by atoms with E-state index in [4.69, 9.17) is 4.52 Å². The Morgan fingerprint density at radius 3 is 2.71 bits per heavy atom. The highest BCUT2D eigenvalue weighted by atomic mass is 79.9. The Labute approximate surface area is 169 Å². The zero-order valence-electron chi connectivity index (χ0n) is 14.7. The van der Waals surface area contributed by atoms with Crippen LogP contribution in [0, 0.1) is 0 Å². The molecule has 0 spiro atoms. The number of nitrogens with one attached hydrogen (secondary N) is 1. The van der Waals surface area contributed by atoms with Crippen molar-refractivity contribution in [2.75, 3.05) is 0 Å². The van der Waals surface area contributed by atoms with Gasteiger partial charge in [0.15, 0.2) is 5.58 Å². The summed E-state index contributed by atoms with van der Waals surface area (Å²) in [5.41, 5.74) is 3.74. The predicted octanol–water partition coefficient (Wildman–Crippen LogP) is 5.20. The molecular weight excluding hydrogens is 422 g/mol. The molecular formula is C21H16BrN3O3. The number of para-hydroxylation sites is 1. The van der Waals surface area contributed by atoms with Crippen LogP contribution in [0.1, 0.15) is 17.3 Å². The minimum absolute atomic E-state index is 0.420. The van der Waals surface area contributed by atoms with Crippen LogP contribution >= 0.6 is 15.9 Å². The molecule has 0 unspecified atom stereocenters.